The summed E-state index contributed by atoms with van der Waals surface area (Å²) in [6.45, 7) is 12.1. The fourth-order valence-electron chi connectivity index (χ4n) is 6.74. The van der Waals surface area contributed by atoms with Gasteiger partial charge in [-0.1, -0.05) is 113 Å². The van der Waals surface area contributed by atoms with E-state index in [-0.39, 0.29) is 42.5 Å². The van der Waals surface area contributed by atoms with E-state index in [2.05, 4.69) is 71.7 Å². The van der Waals surface area contributed by atoms with E-state index in [1.54, 1.807) is 0 Å². The minimum absolute atomic E-state index is 0. The topological polar surface area (TPSA) is 76.2 Å². The van der Waals surface area contributed by atoms with Gasteiger partial charge >= 0.3 is 0 Å². The number of carbonyl (C=O) groups excluding carboxylic acids is 1. The average Bonchev–Trinajstić information content (AvgIpc) is 3.57. The summed E-state index contributed by atoms with van der Waals surface area (Å²) in [4.78, 5) is 21.7. The molecule has 0 unspecified atom stereocenters. The number of carbonyl (C=O) groups is 1. The number of aliphatic hydroxyl groups is 1. The Bertz CT molecular complexity index is 2180. The van der Waals surface area contributed by atoms with Crippen LogP contribution in [0.5, 0.6) is 0 Å². The quantitative estimate of drug-likeness (QED) is 0.0890. The number of ketones is 1. The van der Waals surface area contributed by atoms with E-state index < -0.39 is 0 Å². The Morgan fingerprint density at radius 2 is 1.49 bits per heavy atom. The van der Waals surface area contributed by atoms with Gasteiger partial charge in [-0.3, -0.25) is 14.8 Å². The first-order valence-corrected chi connectivity index (χ1v) is 18.0. The second kappa shape index (κ2) is 15.9. The molecule has 6 heteroatoms. The molecule has 0 saturated heterocycles. The number of fused-ring (bicyclic) bond motifs is 6. The normalized spacial score (nSPS) is 12.8. The molecule has 1 N–H and O–H groups in total. The van der Waals surface area contributed by atoms with Gasteiger partial charge in [0.1, 0.15) is 17.0 Å². The van der Waals surface area contributed by atoms with E-state index in [0.717, 1.165) is 77.6 Å². The molecule has 265 valence electrons. The number of allylic oxidation sites excluding steroid dienone is 2. The number of aliphatic hydroxyl groups excluding tert-OH is 1. The number of aromatic nitrogens is 2. The molecule has 3 heterocycles. The fourth-order valence-corrected chi connectivity index (χ4v) is 6.74. The third kappa shape index (κ3) is 7.36. The molecule has 7 rings (SSSR count). The third-order valence-electron chi connectivity index (χ3n) is 11.2. The van der Waals surface area contributed by atoms with Gasteiger partial charge in [0.25, 0.3) is 0 Å². The van der Waals surface area contributed by atoms with E-state index in [1.165, 1.54) is 33.7 Å². The summed E-state index contributed by atoms with van der Waals surface area (Å²) in [5.74, 6) is 1.17. The van der Waals surface area contributed by atoms with Crippen LogP contribution in [-0.2, 0) is 37.7 Å². The zero-order chi connectivity index (χ0) is 35.5. The third-order valence-corrected chi connectivity index (χ3v) is 11.2. The zero-order valence-electron chi connectivity index (χ0n) is 30.5. The Balaban J connectivity index is 0.000000242. The minimum atomic E-state index is -0.337. The van der Waals surface area contributed by atoms with Gasteiger partial charge in [0.2, 0.25) is 0 Å². The molecular formula is C45H47IrN2O3-. The van der Waals surface area contributed by atoms with Gasteiger partial charge in [-0.05, 0) is 61.8 Å². The number of aryl methyl sites for hydroxylation is 2. The predicted octanol–water partition coefficient (Wildman–Crippen LogP) is 11.9. The van der Waals surface area contributed by atoms with Crippen LogP contribution in [0, 0.1) is 16.9 Å². The van der Waals surface area contributed by atoms with E-state index in [4.69, 9.17) is 9.40 Å². The van der Waals surface area contributed by atoms with Crippen LogP contribution in [0.2, 0.25) is 0 Å². The Morgan fingerprint density at radius 1 is 0.824 bits per heavy atom. The van der Waals surface area contributed by atoms with E-state index in [0.29, 0.717) is 0 Å². The van der Waals surface area contributed by atoms with Crippen molar-refractivity contribution in [3.63, 3.8) is 0 Å². The maximum absolute atomic E-state index is 12.2. The number of pyridine rings is 2. The molecule has 0 atom stereocenters. The predicted molar refractivity (Wildman–Crippen MR) is 205 cm³/mol. The van der Waals surface area contributed by atoms with Crippen LogP contribution in [0.25, 0.3) is 55.6 Å². The molecule has 51 heavy (non-hydrogen) atoms. The van der Waals surface area contributed by atoms with Crippen LogP contribution in [0.4, 0.5) is 0 Å². The largest absolute Gasteiger partial charge is 0.512 e. The summed E-state index contributed by atoms with van der Waals surface area (Å²) < 4.78 is 6.37. The van der Waals surface area contributed by atoms with Gasteiger partial charge in [-0.25, -0.2) is 0 Å². The van der Waals surface area contributed by atoms with E-state index in [9.17, 15) is 9.90 Å². The van der Waals surface area contributed by atoms with Crippen molar-refractivity contribution in [2.75, 3.05) is 0 Å². The van der Waals surface area contributed by atoms with E-state index in [1.807, 2.05) is 72.1 Å². The molecule has 3 aromatic carbocycles. The zero-order valence-corrected chi connectivity index (χ0v) is 32.9. The summed E-state index contributed by atoms with van der Waals surface area (Å²) in [7, 11) is 0. The van der Waals surface area contributed by atoms with Crippen LogP contribution in [0.15, 0.2) is 108 Å². The Hall–Kier alpha value is -4.38. The molecule has 1 aliphatic rings. The van der Waals surface area contributed by atoms with Crippen LogP contribution in [0.3, 0.4) is 0 Å². The molecule has 0 saturated carbocycles. The molecule has 0 amide bonds. The molecule has 3 aromatic heterocycles. The second-order valence-electron chi connectivity index (χ2n) is 13.9. The Morgan fingerprint density at radius 3 is 2.20 bits per heavy atom. The summed E-state index contributed by atoms with van der Waals surface area (Å²) in [6, 6.07) is 30.9. The second-order valence-corrected chi connectivity index (χ2v) is 13.9. The molecular weight excluding hydrogens is 809 g/mol. The average molecular weight is 856 g/mol. The van der Waals surface area contributed by atoms with Gasteiger partial charge in [0, 0.05) is 66.0 Å². The van der Waals surface area contributed by atoms with Crippen molar-refractivity contribution in [2.24, 2.45) is 10.8 Å². The van der Waals surface area contributed by atoms with Gasteiger partial charge in [-0.2, -0.15) is 0 Å². The Labute approximate surface area is 315 Å². The first-order chi connectivity index (χ1) is 24.2. The maximum Gasteiger partial charge on any atom is 0.164 e. The van der Waals surface area contributed by atoms with Crippen LogP contribution in [0.1, 0.15) is 78.4 Å². The summed E-state index contributed by atoms with van der Waals surface area (Å²) in [5, 5.41) is 13.5. The van der Waals surface area contributed by atoms with Crippen molar-refractivity contribution in [1.82, 2.24) is 9.97 Å². The number of rotatable bonds is 9. The molecule has 0 fully saturated rings. The Kier molecular flexibility index (Phi) is 11.8. The van der Waals surface area contributed by atoms with Gasteiger partial charge in [0.05, 0.1) is 0 Å². The van der Waals surface area contributed by atoms with Crippen LogP contribution in [-0.4, -0.2) is 20.9 Å². The molecule has 5 nitrogen and oxygen atoms in total. The first kappa shape index (κ1) is 37.9. The number of nitrogens with zero attached hydrogens (tertiary/aromatic N) is 2. The van der Waals surface area contributed by atoms with Crippen molar-refractivity contribution in [3.8, 4) is 33.8 Å². The first-order valence-electron chi connectivity index (χ1n) is 18.0. The number of furan rings is 1. The summed E-state index contributed by atoms with van der Waals surface area (Å²) in [5.41, 5.74) is 7.90. The van der Waals surface area contributed by atoms with Crippen molar-refractivity contribution in [2.45, 2.75) is 80.1 Å². The van der Waals surface area contributed by atoms with Gasteiger partial charge < -0.3 is 9.52 Å². The minimum Gasteiger partial charge on any atom is -0.512 e. The van der Waals surface area contributed by atoms with Crippen LogP contribution < -0.4 is 0 Å². The smallest absolute Gasteiger partial charge is 0.164 e. The van der Waals surface area contributed by atoms with Crippen molar-refractivity contribution in [1.29, 1.82) is 0 Å². The van der Waals surface area contributed by atoms with Crippen LogP contribution >= 0.6 is 0 Å². The molecule has 0 spiro atoms. The van der Waals surface area contributed by atoms with Gasteiger partial charge in [0.15, 0.2) is 11.5 Å². The maximum atomic E-state index is 12.2. The molecule has 0 bridgehead atoms. The standard InChI is InChI=1S/C30H19N2O.C15H28O2.Ir/c1-2-7-19(8-3-1)25-18-22(17-21-9-4-5-11-23(21)25)28-27-24-13-12-20-10-6-15-31-29(20)30(24)33-26(27)14-16-32-28;1-7-14(5,8-2)12(16)11-13(17)15(6,9-3)10-4;/h1-11,14-16,18H,12-13H2;11,16H,7-10H2,1-6H3;/q-1;;/b;12-11-;. The molecule has 0 aliphatic heterocycles. The molecule has 1 radical (unpaired) electrons. The monoisotopic (exact) mass is 856 g/mol. The van der Waals surface area contributed by atoms with E-state index >= 15 is 0 Å². The van der Waals surface area contributed by atoms with Crippen molar-refractivity contribution in [3.05, 3.63) is 120 Å². The number of hydrogen-bond donors (Lipinski definition) is 1. The summed E-state index contributed by atoms with van der Waals surface area (Å²) in [6.07, 6.45) is 10.3. The van der Waals surface area contributed by atoms with Gasteiger partial charge in [-0.15, -0.1) is 23.6 Å². The SMILES string of the molecule is CCC(C)(CC)C(=O)/C=C(\O)C(C)(CC)CC.[Ir].[c-]1c(-c2nccc3oc4c(c23)CCc2cccnc2-4)cc(-c2ccccc2)c2ccccc12. The molecule has 1 aliphatic carbocycles. The molecule has 6 aromatic rings. The van der Waals surface area contributed by atoms with Crippen molar-refractivity contribution < 1.29 is 34.4 Å². The number of benzene rings is 3. The number of hydrogen-bond acceptors (Lipinski definition) is 5. The fraction of sp³-hybridized carbons (Fsp3) is 0.311. The van der Waals surface area contributed by atoms with Crippen molar-refractivity contribution >= 4 is 27.5 Å². The summed E-state index contributed by atoms with van der Waals surface area (Å²) >= 11 is 0.